The molecule has 7 heteroatoms. The van der Waals surface area contributed by atoms with Gasteiger partial charge in [0.05, 0.1) is 28.8 Å². The number of likely N-dealkylation sites (N-methyl/N-ethyl adjacent to an activating group) is 1. The summed E-state index contributed by atoms with van der Waals surface area (Å²) in [6.45, 7) is 6.35. The smallest absolute Gasteiger partial charge is 0.279 e. The number of amides is 2. The molecular formula is C21H26Cl2N3O2+. The van der Waals surface area contributed by atoms with E-state index in [0.29, 0.717) is 15.7 Å². The fourth-order valence-corrected chi connectivity index (χ4v) is 3.31. The zero-order chi connectivity index (χ0) is 20.8. The summed E-state index contributed by atoms with van der Waals surface area (Å²) < 4.78 is 0. The van der Waals surface area contributed by atoms with Gasteiger partial charge >= 0.3 is 0 Å². The molecule has 0 saturated carbocycles. The third-order valence-electron chi connectivity index (χ3n) is 4.56. The first-order valence-electron chi connectivity index (χ1n) is 9.09. The summed E-state index contributed by atoms with van der Waals surface area (Å²) in [7, 11) is 1.79. The third-order valence-corrected chi connectivity index (χ3v) is 5.19. The Bertz CT molecular complexity index is 850. The second-order valence-corrected chi connectivity index (χ2v) is 7.90. The third kappa shape index (κ3) is 6.23. The van der Waals surface area contributed by atoms with Gasteiger partial charge in [-0.2, -0.15) is 0 Å². The van der Waals surface area contributed by atoms with E-state index in [1.54, 1.807) is 25.2 Å². The van der Waals surface area contributed by atoms with Gasteiger partial charge in [0.1, 0.15) is 0 Å². The first-order chi connectivity index (χ1) is 13.2. The highest BCUT2D eigenvalue weighted by Crippen LogP contribution is 2.29. The Labute approximate surface area is 176 Å². The molecule has 0 radical (unpaired) electrons. The Morgan fingerprint density at radius 1 is 1.00 bits per heavy atom. The van der Waals surface area contributed by atoms with Crippen LogP contribution in [0.15, 0.2) is 36.4 Å². The molecule has 0 aliphatic rings. The molecule has 0 heterocycles. The van der Waals surface area contributed by atoms with E-state index in [0.717, 1.165) is 10.5 Å². The van der Waals surface area contributed by atoms with Crippen molar-refractivity contribution in [3.63, 3.8) is 0 Å². The van der Waals surface area contributed by atoms with Crippen LogP contribution in [0.25, 0.3) is 0 Å². The molecule has 2 amide bonds. The number of carbonyl (C=O) groups excluding carboxylic acids is 2. The SMILES string of the molecule is Cc1ccc([C@H](C)NC(=O)C[NH+](C)CC(=O)Nc2c(Cl)cccc2Cl)cc1C. The average Bonchev–Trinajstić information content (AvgIpc) is 2.60. The van der Waals surface area contributed by atoms with Gasteiger partial charge in [0.15, 0.2) is 13.1 Å². The highest BCUT2D eigenvalue weighted by molar-refractivity contribution is 6.39. The molecule has 3 N–H and O–H groups in total. The van der Waals surface area contributed by atoms with Crippen LogP contribution < -0.4 is 15.5 Å². The lowest BCUT2D eigenvalue weighted by Gasteiger charge is -2.18. The molecule has 1 unspecified atom stereocenters. The molecule has 0 bridgehead atoms. The quantitative estimate of drug-likeness (QED) is 0.642. The molecule has 28 heavy (non-hydrogen) atoms. The van der Waals surface area contributed by atoms with E-state index in [2.05, 4.69) is 36.6 Å². The Morgan fingerprint density at radius 2 is 1.61 bits per heavy atom. The van der Waals surface area contributed by atoms with E-state index in [4.69, 9.17) is 23.2 Å². The van der Waals surface area contributed by atoms with Crippen molar-refractivity contribution in [1.82, 2.24) is 5.32 Å². The molecule has 0 aliphatic carbocycles. The van der Waals surface area contributed by atoms with Crippen molar-refractivity contribution in [1.29, 1.82) is 0 Å². The van der Waals surface area contributed by atoms with Crippen LogP contribution in [0.4, 0.5) is 5.69 Å². The minimum Gasteiger partial charge on any atom is -0.345 e. The molecule has 0 spiro atoms. The monoisotopic (exact) mass is 422 g/mol. The molecule has 0 aliphatic heterocycles. The van der Waals surface area contributed by atoms with Crippen LogP contribution in [0.2, 0.25) is 10.0 Å². The zero-order valence-electron chi connectivity index (χ0n) is 16.5. The highest BCUT2D eigenvalue weighted by atomic mass is 35.5. The number of rotatable bonds is 7. The van der Waals surface area contributed by atoms with Crippen molar-refractivity contribution in [3.05, 3.63) is 63.1 Å². The number of hydrogen-bond acceptors (Lipinski definition) is 2. The molecule has 2 rings (SSSR count). The van der Waals surface area contributed by atoms with E-state index < -0.39 is 0 Å². The molecule has 0 fully saturated rings. The maximum atomic E-state index is 12.3. The van der Waals surface area contributed by atoms with Gasteiger partial charge in [0, 0.05) is 0 Å². The maximum absolute atomic E-state index is 12.3. The second-order valence-electron chi connectivity index (χ2n) is 7.09. The normalized spacial score (nSPS) is 12.9. The number of nitrogens with one attached hydrogen (secondary N) is 3. The minimum atomic E-state index is -0.262. The van der Waals surface area contributed by atoms with Gasteiger partial charge in [-0.1, -0.05) is 47.5 Å². The standard InChI is InChI=1S/C21H25Cl2N3O2/c1-13-8-9-16(10-14(13)2)15(3)24-19(27)11-26(4)12-20(28)25-21-17(22)6-5-7-18(21)23/h5-10,15H,11-12H2,1-4H3,(H,24,27)(H,25,28)/p+1/t15-/m0/s1. The van der Waals surface area contributed by atoms with E-state index in [1.807, 2.05) is 13.0 Å². The Kier molecular flexibility index (Phi) is 7.87. The first kappa shape index (κ1) is 22.2. The van der Waals surface area contributed by atoms with Crippen molar-refractivity contribution < 1.29 is 14.5 Å². The van der Waals surface area contributed by atoms with Crippen LogP contribution in [0, 0.1) is 13.8 Å². The Hall–Kier alpha value is -2.08. The zero-order valence-corrected chi connectivity index (χ0v) is 18.0. The van der Waals surface area contributed by atoms with E-state index in [-0.39, 0.29) is 30.9 Å². The summed E-state index contributed by atoms with van der Waals surface area (Å²) in [5.74, 6) is -0.380. The van der Waals surface area contributed by atoms with Crippen LogP contribution in [0.5, 0.6) is 0 Å². The number of carbonyl (C=O) groups is 2. The number of anilines is 1. The van der Waals surface area contributed by atoms with Crippen LogP contribution >= 0.6 is 23.2 Å². The summed E-state index contributed by atoms with van der Waals surface area (Å²) in [5.41, 5.74) is 3.85. The number of benzene rings is 2. The van der Waals surface area contributed by atoms with Crippen molar-refractivity contribution >= 4 is 40.7 Å². The lowest BCUT2D eigenvalue weighted by atomic mass is 10.0. The molecule has 150 valence electrons. The largest absolute Gasteiger partial charge is 0.345 e. The fraction of sp³-hybridized carbons (Fsp3) is 0.333. The Balaban J connectivity index is 1.86. The lowest BCUT2D eigenvalue weighted by molar-refractivity contribution is -0.862. The van der Waals surface area contributed by atoms with Gasteiger partial charge in [0.25, 0.3) is 11.8 Å². The number of quaternary nitrogens is 1. The van der Waals surface area contributed by atoms with Crippen LogP contribution in [-0.2, 0) is 9.59 Å². The van der Waals surface area contributed by atoms with Crippen molar-refractivity contribution in [2.24, 2.45) is 0 Å². The van der Waals surface area contributed by atoms with Crippen molar-refractivity contribution in [3.8, 4) is 0 Å². The van der Waals surface area contributed by atoms with Crippen molar-refractivity contribution in [2.45, 2.75) is 26.8 Å². The van der Waals surface area contributed by atoms with Gasteiger partial charge in [-0.05, 0) is 49.6 Å². The molecule has 5 nitrogen and oxygen atoms in total. The number of aryl methyl sites for hydroxylation is 2. The molecule has 2 aromatic carbocycles. The molecule has 0 saturated heterocycles. The van der Waals surface area contributed by atoms with Crippen molar-refractivity contribution in [2.75, 3.05) is 25.5 Å². The molecule has 0 aromatic heterocycles. The van der Waals surface area contributed by atoms with Crippen LogP contribution in [-0.4, -0.2) is 32.0 Å². The van der Waals surface area contributed by atoms with Crippen LogP contribution in [0.1, 0.15) is 29.7 Å². The maximum Gasteiger partial charge on any atom is 0.279 e. The molecule has 2 atom stereocenters. The summed E-state index contributed by atoms with van der Waals surface area (Å²) in [6, 6.07) is 11.1. The lowest BCUT2D eigenvalue weighted by Crippen LogP contribution is -3.11. The minimum absolute atomic E-state index is 0.102. The summed E-state index contributed by atoms with van der Waals surface area (Å²) in [5, 5.41) is 6.43. The van der Waals surface area contributed by atoms with E-state index in [9.17, 15) is 9.59 Å². The predicted molar refractivity (Wildman–Crippen MR) is 114 cm³/mol. The average molecular weight is 423 g/mol. The Morgan fingerprint density at radius 3 is 2.21 bits per heavy atom. The van der Waals surface area contributed by atoms with Gasteiger partial charge in [-0.15, -0.1) is 0 Å². The second kappa shape index (κ2) is 9.92. The van der Waals surface area contributed by atoms with Gasteiger partial charge in [0.2, 0.25) is 0 Å². The number of halogens is 2. The summed E-state index contributed by atoms with van der Waals surface area (Å²) >= 11 is 12.1. The first-order valence-corrected chi connectivity index (χ1v) is 9.84. The number of para-hydroxylation sites is 1. The van der Waals surface area contributed by atoms with E-state index >= 15 is 0 Å². The number of hydrogen-bond donors (Lipinski definition) is 3. The predicted octanol–water partition coefficient (Wildman–Crippen LogP) is 2.94. The topological polar surface area (TPSA) is 62.6 Å². The van der Waals surface area contributed by atoms with E-state index in [1.165, 1.54) is 11.1 Å². The van der Waals surface area contributed by atoms with Gasteiger partial charge in [-0.3, -0.25) is 9.59 Å². The summed E-state index contributed by atoms with van der Waals surface area (Å²) in [4.78, 5) is 25.3. The van der Waals surface area contributed by atoms with Crippen LogP contribution in [0.3, 0.4) is 0 Å². The fourth-order valence-electron chi connectivity index (χ4n) is 2.82. The summed E-state index contributed by atoms with van der Waals surface area (Å²) in [6.07, 6.45) is 0. The molecule has 2 aromatic rings. The van der Waals surface area contributed by atoms with Gasteiger partial charge < -0.3 is 15.5 Å². The highest BCUT2D eigenvalue weighted by Gasteiger charge is 2.18. The van der Waals surface area contributed by atoms with Gasteiger partial charge in [-0.25, -0.2) is 0 Å². The molecular weight excluding hydrogens is 397 g/mol.